The summed E-state index contributed by atoms with van der Waals surface area (Å²) in [5, 5.41) is 12.1. The maximum Gasteiger partial charge on any atom is 0.258 e. The molecular formula is C15H17ClN2O2. The highest BCUT2D eigenvalue weighted by atomic mass is 35.5. The third-order valence-corrected chi connectivity index (χ3v) is 3.71. The number of nitrogens with one attached hydrogen (secondary N) is 1. The molecule has 0 unspecified atom stereocenters. The van der Waals surface area contributed by atoms with Crippen LogP contribution in [0.5, 0.6) is 5.75 Å². The van der Waals surface area contributed by atoms with E-state index in [4.69, 9.17) is 21.6 Å². The SMILES string of the molecule is N#Cc1ccc(OCC(=O)NC2CCCCC2)cc1Cl. The van der Waals surface area contributed by atoms with Gasteiger partial charge in [0, 0.05) is 12.1 Å². The molecule has 0 spiro atoms. The third-order valence-electron chi connectivity index (χ3n) is 3.40. The molecule has 1 aromatic rings. The zero-order chi connectivity index (χ0) is 14.4. The number of amides is 1. The monoisotopic (exact) mass is 292 g/mol. The highest BCUT2D eigenvalue weighted by Gasteiger charge is 2.15. The standard InChI is InChI=1S/C15H17ClN2O2/c16-14-8-13(7-6-11(14)9-17)20-10-15(19)18-12-4-2-1-3-5-12/h6-8,12H,1-5,10H2,(H,18,19). The van der Waals surface area contributed by atoms with Gasteiger partial charge in [0.1, 0.15) is 11.8 Å². The number of benzene rings is 1. The number of ether oxygens (including phenoxy) is 1. The molecule has 1 N–H and O–H groups in total. The van der Waals surface area contributed by atoms with Crippen molar-refractivity contribution < 1.29 is 9.53 Å². The molecule has 106 valence electrons. The fraction of sp³-hybridized carbons (Fsp3) is 0.467. The minimum Gasteiger partial charge on any atom is -0.484 e. The number of carbonyl (C=O) groups excluding carboxylic acids is 1. The fourth-order valence-corrected chi connectivity index (χ4v) is 2.55. The van der Waals surface area contributed by atoms with E-state index in [0.717, 1.165) is 12.8 Å². The van der Waals surface area contributed by atoms with E-state index in [9.17, 15) is 4.79 Å². The van der Waals surface area contributed by atoms with Crippen LogP contribution in [0.25, 0.3) is 0 Å². The summed E-state index contributed by atoms with van der Waals surface area (Å²) in [6.45, 7) is -0.0290. The number of nitriles is 1. The first kappa shape index (κ1) is 14.7. The van der Waals surface area contributed by atoms with E-state index in [2.05, 4.69) is 5.32 Å². The normalized spacial score (nSPS) is 15.4. The van der Waals surface area contributed by atoms with Crippen molar-refractivity contribution in [2.75, 3.05) is 6.61 Å². The molecule has 0 saturated heterocycles. The van der Waals surface area contributed by atoms with Gasteiger partial charge in [-0.2, -0.15) is 5.26 Å². The minimum absolute atomic E-state index is 0.0290. The Morgan fingerprint density at radius 2 is 2.15 bits per heavy atom. The number of nitrogens with zero attached hydrogens (tertiary/aromatic N) is 1. The van der Waals surface area contributed by atoms with Gasteiger partial charge in [-0.1, -0.05) is 30.9 Å². The summed E-state index contributed by atoms with van der Waals surface area (Å²) in [6.07, 6.45) is 5.71. The maximum absolute atomic E-state index is 11.8. The van der Waals surface area contributed by atoms with E-state index in [1.54, 1.807) is 18.2 Å². The molecule has 1 amide bonds. The second-order valence-corrected chi connectivity index (χ2v) is 5.35. The predicted molar refractivity (Wildman–Crippen MR) is 76.7 cm³/mol. The molecule has 0 atom stereocenters. The lowest BCUT2D eigenvalue weighted by atomic mass is 9.95. The Labute approximate surface area is 123 Å². The summed E-state index contributed by atoms with van der Waals surface area (Å²) in [5.74, 6) is 0.380. The van der Waals surface area contributed by atoms with Crippen molar-refractivity contribution in [3.63, 3.8) is 0 Å². The first-order chi connectivity index (χ1) is 9.69. The van der Waals surface area contributed by atoms with Gasteiger partial charge in [0.25, 0.3) is 5.91 Å². The predicted octanol–water partition coefficient (Wildman–Crippen LogP) is 3.04. The van der Waals surface area contributed by atoms with Crippen molar-refractivity contribution in [1.82, 2.24) is 5.32 Å². The van der Waals surface area contributed by atoms with Crippen LogP contribution in [0, 0.1) is 11.3 Å². The number of hydrogen-bond acceptors (Lipinski definition) is 3. The Kier molecular flexibility index (Phi) is 5.25. The summed E-state index contributed by atoms with van der Waals surface area (Å²) in [4.78, 5) is 11.8. The number of carbonyl (C=O) groups is 1. The Morgan fingerprint density at radius 1 is 1.40 bits per heavy atom. The maximum atomic E-state index is 11.8. The molecule has 1 aliphatic carbocycles. The Morgan fingerprint density at radius 3 is 2.80 bits per heavy atom. The van der Waals surface area contributed by atoms with Gasteiger partial charge < -0.3 is 10.1 Å². The first-order valence-corrected chi connectivity index (χ1v) is 7.18. The van der Waals surface area contributed by atoms with Gasteiger partial charge in [-0.15, -0.1) is 0 Å². The van der Waals surface area contributed by atoms with Gasteiger partial charge in [0.15, 0.2) is 6.61 Å². The van der Waals surface area contributed by atoms with Crippen molar-refractivity contribution in [1.29, 1.82) is 5.26 Å². The van der Waals surface area contributed by atoms with Crippen LogP contribution >= 0.6 is 11.6 Å². The molecular weight excluding hydrogens is 276 g/mol. The van der Waals surface area contributed by atoms with Gasteiger partial charge in [0.2, 0.25) is 0 Å². The number of halogens is 1. The fourth-order valence-electron chi connectivity index (χ4n) is 2.34. The van der Waals surface area contributed by atoms with Gasteiger partial charge in [-0.25, -0.2) is 0 Å². The molecule has 4 nitrogen and oxygen atoms in total. The molecule has 1 saturated carbocycles. The molecule has 5 heteroatoms. The molecule has 0 bridgehead atoms. The van der Waals surface area contributed by atoms with E-state index in [-0.39, 0.29) is 18.6 Å². The largest absolute Gasteiger partial charge is 0.484 e. The number of hydrogen-bond donors (Lipinski definition) is 1. The van der Waals surface area contributed by atoms with Crippen LogP contribution in [-0.2, 0) is 4.79 Å². The Balaban J connectivity index is 1.81. The molecule has 0 heterocycles. The molecule has 1 aliphatic rings. The average molecular weight is 293 g/mol. The van der Waals surface area contributed by atoms with Gasteiger partial charge in [0.05, 0.1) is 10.6 Å². The second kappa shape index (κ2) is 7.16. The highest BCUT2D eigenvalue weighted by molar-refractivity contribution is 6.31. The summed E-state index contributed by atoms with van der Waals surface area (Å²) < 4.78 is 5.38. The molecule has 0 radical (unpaired) electrons. The van der Waals surface area contributed by atoms with Crippen molar-refractivity contribution in [2.24, 2.45) is 0 Å². The summed E-state index contributed by atoms with van der Waals surface area (Å²) >= 11 is 5.90. The van der Waals surface area contributed by atoms with Crippen LogP contribution in [0.15, 0.2) is 18.2 Å². The molecule has 0 aromatic heterocycles. The topological polar surface area (TPSA) is 62.1 Å². The highest BCUT2D eigenvalue weighted by Crippen LogP contribution is 2.22. The van der Waals surface area contributed by atoms with E-state index in [1.807, 2.05) is 6.07 Å². The van der Waals surface area contributed by atoms with E-state index in [1.165, 1.54) is 19.3 Å². The van der Waals surface area contributed by atoms with E-state index >= 15 is 0 Å². The zero-order valence-electron chi connectivity index (χ0n) is 11.2. The summed E-state index contributed by atoms with van der Waals surface area (Å²) in [5.41, 5.74) is 0.394. The minimum atomic E-state index is -0.114. The lowest BCUT2D eigenvalue weighted by Gasteiger charge is -2.22. The smallest absolute Gasteiger partial charge is 0.258 e. The third kappa shape index (κ3) is 4.14. The molecule has 0 aliphatic heterocycles. The van der Waals surface area contributed by atoms with Crippen LogP contribution in [0.4, 0.5) is 0 Å². The van der Waals surface area contributed by atoms with Crippen LogP contribution in [0.1, 0.15) is 37.7 Å². The van der Waals surface area contributed by atoms with Gasteiger partial charge >= 0.3 is 0 Å². The van der Waals surface area contributed by atoms with Crippen molar-refractivity contribution in [3.05, 3.63) is 28.8 Å². The van der Waals surface area contributed by atoms with Gasteiger partial charge in [-0.3, -0.25) is 4.79 Å². The molecule has 2 rings (SSSR count). The van der Waals surface area contributed by atoms with Crippen molar-refractivity contribution in [3.8, 4) is 11.8 Å². The Hall–Kier alpha value is -1.73. The van der Waals surface area contributed by atoms with Crippen LogP contribution in [0.2, 0.25) is 5.02 Å². The van der Waals surface area contributed by atoms with Crippen LogP contribution < -0.4 is 10.1 Å². The van der Waals surface area contributed by atoms with Crippen LogP contribution in [-0.4, -0.2) is 18.6 Å². The molecule has 20 heavy (non-hydrogen) atoms. The lowest BCUT2D eigenvalue weighted by molar-refractivity contribution is -0.124. The second-order valence-electron chi connectivity index (χ2n) is 4.94. The first-order valence-electron chi connectivity index (χ1n) is 6.81. The van der Waals surface area contributed by atoms with E-state index < -0.39 is 0 Å². The summed E-state index contributed by atoms with van der Waals surface area (Å²) in [7, 11) is 0. The van der Waals surface area contributed by atoms with Gasteiger partial charge in [-0.05, 0) is 25.0 Å². The summed E-state index contributed by atoms with van der Waals surface area (Å²) in [6, 6.07) is 7.02. The quantitative estimate of drug-likeness (QED) is 0.928. The average Bonchev–Trinajstić information content (AvgIpc) is 2.46. The van der Waals surface area contributed by atoms with Crippen molar-refractivity contribution >= 4 is 17.5 Å². The molecule has 1 fully saturated rings. The van der Waals surface area contributed by atoms with E-state index in [0.29, 0.717) is 16.3 Å². The molecule has 1 aromatic carbocycles. The zero-order valence-corrected chi connectivity index (χ0v) is 11.9. The Bertz CT molecular complexity index is 519. The van der Waals surface area contributed by atoms with Crippen LogP contribution in [0.3, 0.4) is 0 Å². The number of rotatable bonds is 4. The lowest BCUT2D eigenvalue weighted by Crippen LogP contribution is -2.38. The van der Waals surface area contributed by atoms with Crippen molar-refractivity contribution in [2.45, 2.75) is 38.1 Å².